The van der Waals surface area contributed by atoms with Gasteiger partial charge in [0.2, 0.25) is 0 Å². The zero-order chi connectivity index (χ0) is 20.5. The van der Waals surface area contributed by atoms with Crippen molar-refractivity contribution in [2.45, 2.75) is 6.92 Å². The van der Waals surface area contributed by atoms with Crippen LogP contribution in [0.25, 0.3) is 22.3 Å². The Morgan fingerprint density at radius 2 is 1.40 bits per heavy atom. The Balaban J connectivity index is 1.46. The first-order valence-electron chi connectivity index (χ1n) is 10.3. The molecule has 0 saturated carbocycles. The molecular formula is C25H23FN4. The molecule has 4 nitrogen and oxygen atoms in total. The van der Waals surface area contributed by atoms with E-state index in [0.717, 1.165) is 60.0 Å². The van der Waals surface area contributed by atoms with E-state index in [4.69, 9.17) is 9.97 Å². The molecule has 1 fully saturated rings. The van der Waals surface area contributed by atoms with E-state index in [2.05, 4.69) is 47.1 Å². The van der Waals surface area contributed by atoms with Crippen molar-refractivity contribution in [3.63, 3.8) is 0 Å². The molecule has 0 amide bonds. The minimum absolute atomic E-state index is 0.200. The van der Waals surface area contributed by atoms with Crippen molar-refractivity contribution in [2.75, 3.05) is 36.0 Å². The van der Waals surface area contributed by atoms with Crippen LogP contribution in [0.3, 0.4) is 0 Å². The first kappa shape index (κ1) is 18.6. The molecule has 5 rings (SSSR count). The SMILES string of the molecule is Cc1ccc(-c2nc(N3CCN(c4ccc(F)cc4)CC3)c3ccccc3n2)cc1. The standard InChI is InChI=1S/C25H23FN4/c1-18-6-8-19(9-7-18)24-27-23-5-3-2-4-22(23)25(28-24)30-16-14-29(15-17-30)21-12-10-20(26)11-13-21/h2-13H,14-17H2,1H3. The lowest BCUT2D eigenvalue weighted by Crippen LogP contribution is -2.47. The van der Waals surface area contributed by atoms with Gasteiger partial charge < -0.3 is 9.80 Å². The average molecular weight is 398 g/mol. The minimum atomic E-state index is -0.200. The van der Waals surface area contributed by atoms with Gasteiger partial charge >= 0.3 is 0 Å². The van der Waals surface area contributed by atoms with Gasteiger partial charge in [0, 0.05) is 42.8 Å². The van der Waals surface area contributed by atoms with Crippen LogP contribution in [0.5, 0.6) is 0 Å². The maximum absolute atomic E-state index is 13.2. The second kappa shape index (κ2) is 7.75. The third-order valence-corrected chi connectivity index (χ3v) is 5.66. The number of hydrogen-bond donors (Lipinski definition) is 0. The molecule has 4 aromatic rings. The lowest BCUT2D eigenvalue weighted by molar-refractivity contribution is 0.624. The molecule has 2 heterocycles. The molecule has 0 atom stereocenters. The van der Waals surface area contributed by atoms with E-state index in [9.17, 15) is 4.39 Å². The fourth-order valence-electron chi connectivity index (χ4n) is 3.96. The van der Waals surface area contributed by atoms with E-state index in [0.29, 0.717) is 0 Å². The van der Waals surface area contributed by atoms with Gasteiger partial charge in [-0.15, -0.1) is 0 Å². The second-order valence-corrected chi connectivity index (χ2v) is 7.70. The van der Waals surface area contributed by atoms with Crippen molar-refractivity contribution >= 4 is 22.4 Å². The third kappa shape index (κ3) is 3.59. The summed E-state index contributed by atoms with van der Waals surface area (Å²) in [4.78, 5) is 14.4. The number of benzene rings is 3. The Morgan fingerprint density at radius 1 is 0.733 bits per heavy atom. The Bertz CT molecular complexity index is 1160. The van der Waals surface area contributed by atoms with Crippen molar-refractivity contribution in [3.8, 4) is 11.4 Å². The van der Waals surface area contributed by atoms with E-state index in [1.807, 2.05) is 30.3 Å². The molecule has 1 aliphatic rings. The summed E-state index contributed by atoms with van der Waals surface area (Å²) in [6.07, 6.45) is 0. The summed E-state index contributed by atoms with van der Waals surface area (Å²) in [6, 6.07) is 23.3. The molecule has 0 spiro atoms. The number of aromatic nitrogens is 2. The summed E-state index contributed by atoms with van der Waals surface area (Å²) in [7, 11) is 0. The molecule has 1 aliphatic heterocycles. The van der Waals surface area contributed by atoms with Crippen LogP contribution in [0.1, 0.15) is 5.56 Å². The summed E-state index contributed by atoms with van der Waals surface area (Å²) in [5, 5.41) is 1.07. The fourth-order valence-corrected chi connectivity index (χ4v) is 3.96. The Morgan fingerprint density at radius 3 is 2.13 bits per heavy atom. The zero-order valence-electron chi connectivity index (χ0n) is 16.9. The third-order valence-electron chi connectivity index (χ3n) is 5.66. The van der Waals surface area contributed by atoms with Crippen LogP contribution in [0.15, 0.2) is 72.8 Å². The molecule has 0 bridgehead atoms. The molecule has 0 radical (unpaired) electrons. The van der Waals surface area contributed by atoms with Gasteiger partial charge in [-0.2, -0.15) is 0 Å². The Hall–Kier alpha value is -3.47. The van der Waals surface area contributed by atoms with Crippen LogP contribution in [0, 0.1) is 12.7 Å². The van der Waals surface area contributed by atoms with Gasteiger partial charge in [0.05, 0.1) is 5.52 Å². The van der Waals surface area contributed by atoms with Crippen molar-refractivity contribution in [1.82, 2.24) is 9.97 Å². The normalized spacial score (nSPS) is 14.3. The summed E-state index contributed by atoms with van der Waals surface area (Å²) in [5.74, 6) is 1.54. The van der Waals surface area contributed by atoms with Gasteiger partial charge in [-0.25, -0.2) is 14.4 Å². The second-order valence-electron chi connectivity index (χ2n) is 7.70. The van der Waals surface area contributed by atoms with Crippen LogP contribution in [-0.2, 0) is 0 Å². The largest absolute Gasteiger partial charge is 0.368 e. The van der Waals surface area contributed by atoms with E-state index in [1.165, 1.54) is 17.7 Å². The molecule has 0 unspecified atom stereocenters. The molecular weight excluding hydrogens is 375 g/mol. The lowest BCUT2D eigenvalue weighted by Gasteiger charge is -2.37. The maximum Gasteiger partial charge on any atom is 0.162 e. The number of rotatable bonds is 3. The number of para-hydroxylation sites is 1. The van der Waals surface area contributed by atoms with Crippen molar-refractivity contribution in [2.24, 2.45) is 0 Å². The van der Waals surface area contributed by atoms with Gasteiger partial charge in [0.1, 0.15) is 11.6 Å². The monoisotopic (exact) mass is 398 g/mol. The van der Waals surface area contributed by atoms with Gasteiger partial charge in [0.15, 0.2) is 5.82 Å². The number of aryl methyl sites for hydroxylation is 1. The highest BCUT2D eigenvalue weighted by atomic mass is 19.1. The summed E-state index contributed by atoms with van der Waals surface area (Å²) >= 11 is 0. The minimum Gasteiger partial charge on any atom is -0.368 e. The topological polar surface area (TPSA) is 32.3 Å². The highest BCUT2D eigenvalue weighted by molar-refractivity contribution is 5.91. The smallest absolute Gasteiger partial charge is 0.162 e. The quantitative estimate of drug-likeness (QED) is 0.482. The van der Waals surface area contributed by atoms with Crippen LogP contribution in [-0.4, -0.2) is 36.1 Å². The summed E-state index contributed by atoms with van der Waals surface area (Å²) in [5.41, 5.74) is 4.26. The Kier molecular flexibility index (Phi) is 4.79. The zero-order valence-corrected chi connectivity index (χ0v) is 16.9. The number of fused-ring (bicyclic) bond motifs is 1. The highest BCUT2D eigenvalue weighted by Crippen LogP contribution is 2.29. The maximum atomic E-state index is 13.2. The predicted octanol–water partition coefficient (Wildman–Crippen LogP) is 5.07. The van der Waals surface area contributed by atoms with Crippen molar-refractivity contribution in [3.05, 3.63) is 84.2 Å². The van der Waals surface area contributed by atoms with E-state index in [1.54, 1.807) is 0 Å². The number of hydrogen-bond acceptors (Lipinski definition) is 4. The van der Waals surface area contributed by atoms with Gasteiger partial charge in [-0.1, -0.05) is 42.0 Å². The lowest BCUT2D eigenvalue weighted by atomic mass is 10.1. The van der Waals surface area contributed by atoms with E-state index < -0.39 is 0 Å². The van der Waals surface area contributed by atoms with Crippen LogP contribution < -0.4 is 9.80 Å². The van der Waals surface area contributed by atoms with Gasteiger partial charge in [0.25, 0.3) is 0 Å². The van der Waals surface area contributed by atoms with Crippen LogP contribution in [0.4, 0.5) is 15.9 Å². The van der Waals surface area contributed by atoms with Gasteiger partial charge in [-0.05, 0) is 43.3 Å². The first-order chi connectivity index (χ1) is 14.7. The summed E-state index contributed by atoms with van der Waals surface area (Å²) in [6.45, 7) is 5.52. The van der Waals surface area contributed by atoms with E-state index in [-0.39, 0.29) is 5.82 Å². The average Bonchev–Trinajstić information content (AvgIpc) is 2.79. The van der Waals surface area contributed by atoms with Crippen LogP contribution >= 0.6 is 0 Å². The molecule has 3 aromatic carbocycles. The molecule has 1 aromatic heterocycles. The Labute approximate surface area is 175 Å². The molecule has 0 aliphatic carbocycles. The molecule has 5 heteroatoms. The number of anilines is 2. The first-order valence-corrected chi connectivity index (χ1v) is 10.3. The molecule has 0 N–H and O–H groups in total. The van der Waals surface area contributed by atoms with Crippen LogP contribution in [0.2, 0.25) is 0 Å². The van der Waals surface area contributed by atoms with E-state index >= 15 is 0 Å². The predicted molar refractivity (Wildman–Crippen MR) is 121 cm³/mol. The summed E-state index contributed by atoms with van der Waals surface area (Å²) < 4.78 is 13.2. The number of halogens is 1. The van der Waals surface area contributed by atoms with Crippen molar-refractivity contribution in [1.29, 1.82) is 0 Å². The number of piperazine rings is 1. The molecule has 1 saturated heterocycles. The molecule has 150 valence electrons. The number of nitrogens with zero attached hydrogens (tertiary/aromatic N) is 4. The molecule has 30 heavy (non-hydrogen) atoms. The highest BCUT2D eigenvalue weighted by Gasteiger charge is 2.21. The fraction of sp³-hybridized carbons (Fsp3) is 0.200. The van der Waals surface area contributed by atoms with Crippen molar-refractivity contribution < 1.29 is 4.39 Å². The van der Waals surface area contributed by atoms with Gasteiger partial charge in [-0.3, -0.25) is 0 Å².